The van der Waals surface area contributed by atoms with Gasteiger partial charge < -0.3 is 4.57 Å². The van der Waals surface area contributed by atoms with Crippen molar-refractivity contribution in [2.24, 2.45) is 4.40 Å². The summed E-state index contributed by atoms with van der Waals surface area (Å²) in [6.45, 7) is 2.04. The van der Waals surface area contributed by atoms with Crippen LogP contribution in [0.5, 0.6) is 0 Å². The molecule has 0 aliphatic rings. The molecule has 0 saturated carbocycles. The van der Waals surface area contributed by atoms with E-state index in [0.717, 1.165) is 42.5 Å². The van der Waals surface area contributed by atoms with Crippen molar-refractivity contribution in [1.82, 2.24) is 0 Å². The molecule has 0 unspecified atom stereocenters. The topological polar surface area (TPSA) is 29.4 Å². The van der Waals surface area contributed by atoms with E-state index in [4.69, 9.17) is 4.40 Å². The minimum atomic E-state index is -3.15. The molecule has 0 fully saturated rings. The third-order valence-corrected chi connectivity index (χ3v) is 13.2. The van der Waals surface area contributed by atoms with Gasteiger partial charge in [-0.15, -0.1) is 0 Å². The van der Waals surface area contributed by atoms with Crippen molar-refractivity contribution < 1.29 is 4.57 Å². The summed E-state index contributed by atoms with van der Waals surface area (Å²) in [6, 6.07) is 59.4. The summed E-state index contributed by atoms with van der Waals surface area (Å²) in [5.41, 5.74) is 3.46. The highest BCUT2D eigenvalue weighted by atomic mass is 32.2. The van der Waals surface area contributed by atoms with Crippen molar-refractivity contribution in [2.75, 3.05) is 0 Å². The van der Waals surface area contributed by atoms with Crippen LogP contribution in [0, 0.1) is 0 Å². The Hall–Kier alpha value is -4.08. The van der Waals surface area contributed by atoms with Gasteiger partial charge in [0, 0.05) is 20.8 Å². The summed E-state index contributed by atoms with van der Waals surface area (Å²) in [7, 11) is -3.15. The van der Waals surface area contributed by atoms with Gasteiger partial charge in [0.2, 0.25) is 0 Å². The Balaban J connectivity index is 1.44. The van der Waals surface area contributed by atoms with Gasteiger partial charge in [0.1, 0.15) is 4.75 Å². The molecule has 0 heterocycles. The van der Waals surface area contributed by atoms with Crippen molar-refractivity contribution in [2.45, 2.75) is 16.6 Å². The van der Waals surface area contributed by atoms with Gasteiger partial charge in [-0.3, -0.25) is 0 Å². The quantitative estimate of drug-likeness (QED) is 0.0400. The fraction of sp³-hybridized carbons (Fsp3) is 0.0513. The van der Waals surface area contributed by atoms with Crippen LogP contribution in [0.1, 0.15) is 23.6 Å². The van der Waals surface area contributed by atoms with Crippen molar-refractivity contribution >= 4 is 51.8 Å². The highest BCUT2D eigenvalue weighted by Gasteiger charge is 2.38. The lowest BCUT2D eigenvalue weighted by Gasteiger charge is -2.33. The Labute approximate surface area is 268 Å². The Kier molecular flexibility index (Phi) is 9.33. The molecule has 6 aromatic rings. The van der Waals surface area contributed by atoms with E-state index < -0.39 is 11.9 Å². The lowest BCUT2D eigenvalue weighted by molar-refractivity contribution is 0.592. The predicted octanol–water partition coefficient (Wildman–Crippen LogP) is 9.48. The molecule has 0 aliphatic heterocycles. The standard InChI is InChI=1S/C39H32NOPS2/c1-31(40-44-39(32-19-7-2-8-20-32,33-21-9-3-10-22-33)34-23-11-4-12-24-34)43-38-30-18-17-29-37(38)42(41,35-25-13-5-14-26-35)36-27-15-6-16-28-36/h2-30H,1H3/b40-31+. The molecule has 0 amide bonds. The third-order valence-electron chi connectivity index (χ3n) is 7.55. The minimum Gasteiger partial charge on any atom is -0.309 e. The normalized spacial score (nSPS) is 12.2. The van der Waals surface area contributed by atoms with Gasteiger partial charge in [-0.1, -0.05) is 176 Å². The number of benzene rings is 6. The predicted molar refractivity (Wildman–Crippen MR) is 192 cm³/mol. The summed E-state index contributed by atoms with van der Waals surface area (Å²) in [5, 5.41) is 3.34. The van der Waals surface area contributed by atoms with E-state index in [1.165, 1.54) is 0 Å². The SMILES string of the molecule is C/C(=N\SC(c1ccccc1)(c1ccccc1)c1ccccc1)Sc1ccccc1P(=O)(c1ccccc1)c1ccccc1. The van der Waals surface area contributed by atoms with E-state index in [1.54, 1.807) is 23.7 Å². The lowest BCUT2D eigenvalue weighted by Crippen LogP contribution is -2.26. The molecule has 6 rings (SSSR count). The second kappa shape index (κ2) is 13.7. The molecule has 0 spiro atoms. The second-order valence-corrected chi connectivity index (χ2v) is 15.3. The number of thioether (sulfide) groups is 1. The van der Waals surface area contributed by atoms with E-state index in [-0.39, 0.29) is 0 Å². The maximum Gasteiger partial charge on any atom is 0.172 e. The first-order valence-electron chi connectivity index (χ1n) is 14.5. The summed E-state index contributed by atoms with van der Waals surface area (Å²) >= 11 is 3.13. The smallest absolute Gasteiger partial charge is 0.172 e. The van der Waals surface area contributed by atoms with Crippen LogP contribution in [0.4, 0.5) is 0 Å². The van der Waals surface area contributed by atoms with Gasteiger partial charge >= 0.3 is 0 Å². The third kappa shape index (κ3) is 5.99. The van der Waals surface area contributed by atoms with E-state index in [9.17, 15) is 0 Å². The Morgan fingerprint density at radius 2 is 0.886 bits per heavy atom. The van der Waals surface area contributed by atoms with E-state index in [0.29, 0.717) is 0 Å². The summed E-state index contributed by atoms with van der Waals surface area (Å²) in [5.74, 6) is 0. The Morgan fingerprint density at radius 1 is 0.523 bits per heavy atom. The van der Waals surface area contributed by atoms with Crippen LogP contribution in [0.25, 0.3) is 0 Å². The van der Waals surface area contributed by atoms with Crippen LogP contribution < -0.4 is 15.9 Å². The molecule has 0 N–H and O–H groups in total. The zero-order valence-electron chi connectivity index (χ0n) is 24.4. The van der Waals surface area contributed by atoms with Crippen LogP contribution in [-0.4, -0.2) is 5.04 Å². The maximum atomic E-state index is 15.2. The van der Waals surface area contributed by atoms with Crippen LogP contribution in [0.2, 0.25) is 0 Å². The van der Waals surface area contributed by atoms with Crippen molar-refractivity contribution in [3.8, 4) is 0 Å². The zero-order chi connectivity index (χ0) is 30.2. The largest absolute Gasteiger partial charge is 0.309 e. The molecule has 0 atom stereocenters. The zero-order valence-corrected chi connectivity index (χ0v) is 26.9. The van der Waals surface area contributed by atoms with Crippen LogP contribution >= 0.6 is 30.9 Å². The van der Waals surface area contributed by atoms with Crippen LogP contribution in [-0.2, 0) is 9.31 Å². The van der Waals surface area contributed by atoms with E-state index in [2.05, 4.69) is 78.9 Å². The fourth-order valence-corrected chi connectivity index (χ4v) is 10.6. The van der Waals surface area contributed by atoms with Crippen LogP contribution in [0.3, 0.4) is 0 Å². The summed E-state index contributed by atoms with van der Waals surface area (Å²) in [4.78, 5) is 0.940. The number of nitrogens with zero attached hydrogens (tertiary/aromatic N) is 1. The fourth-order valence-electron chi connectivity index (χ4n) is 5.49. The molecule has 2 nitrogen and oxygen atoms in total. The molecule has 0 radical (unpaired) electrons. The molecular weight excluding hydrogens is 594 g/mol. The monoisotopic (exact) mass is 625 g/mol. The molecule has 0 saturated heterocycles. The first kappa shape index (κ1) is 30.0. The molecule has 5 heteroatoms. The highest BCUT2D eigenvalue weighted by molar-refractivity contribution is 8.15. The molecular formula is C39H32NOPS2. The van der Waals surface area contributed by atoms with Crippen molar-refractivity contribution in [1.29, 1.82) is 0 Å². The summed E-state index contributed by atoms with van der Waals surface area (Å²) < 4.78 is 19.9. The Morgan fingerprint density at radius 3 is 1.32 bits per heavy atom. The van der Waals surface area contributed by atoms with Gasteiger partial charge in [-0.25, -0.2) is 4.40 Å². The van der Waals surface area contributed by atoms with Crippen molar-refractivity contribution in [3.05, 3.63) is 193 Å². The maximum absolute atomic E-state index is 15.2. The van der Waals surface area contributed by atoms with Gasteiger partial charge in [0.25, 0.3) is 0 Å². The molecule has 44 heavy (non-hydrogen) atoms. The Bertz CT molecular complexity index is 1740. The first-order chi connectivity index (χ1) is 21.6. The molecule has 6 aromatic carbocycles. The van der Waals surface area contributed by atoms with Crippen LogP contribution in [0.15, 0.2) is 185 Å². The summed E-state index contributed by atoms with van der Waals surface area (Å²) in [6.07, 6.45) is 0. The van der Waals surface area contributed by atoms with Gasteiger partial charge in [0.15, 0.2) is 7.14 Å². The van der Waals surface area contributed by atoms with Gasteiger partial charge in [-0.05, 0) is 47.7 Å². The molecule has 0 aliphatic carbocycles. The second-order valence-electron chi connectivity index (χ2n) is 10.3. The first-order valence-corrected chi connectivity index (χ1v) is 17.8. The number of hydrogen-bond acceptors (Lipinski definition) is 4. The number of hydrogen-bond donors (Lipinski definition) is 0. The average molecular weight is 626 g/mol. The molecule has 0 aromatic heterocycles. The average Bonchev–Trinajstić information content (AvgIpc) is 3.11. The minimum absolute atomic E-state index is 0.561. The van der Waals surface area contributed by atoms with Gasteiger partial charge in [-0.2, -0.15) is 0 Å². The van der Waals surface area contributed by atoms with E-state index >= 15 is 4.57 Å². The number of rotatable bonds is 9. The highest BCUT2D eigenvalue weighted by Crippen LogP contribution is 2.50. The van der Waals surface area contributed by atoms with Crippen molar-refractivity contribution in [3.63, 3.8) is 0 Å². The molecule has 216 valence electrons. The van der Waals surface area contributed by atoms with E-state index in [1.807, 2.05) is 104 Å². The van der Waals surface area contributed by atoms with Gasteiger partial charge in [0.05, 0.1) is 5.04 Å². The lowest BCUT2D eigenvalue weighted by atomic mass is 9.84. The molecule has 0 bridgehead atoms.